The average molecular weight is 394 g/mol. The first-order chi connectivity index (χ1) is 13.4. The zero-order chi connectivity index (χ0) is 19.6. The molecule has 0 radical (unpaired) electrons. The van der Waals surface area contributed by atoms with Gasteiger partial charge < -0.3 is 24.7 Å². The van der Waals surface area contributed by atoms with Crippen molar-refractivity contribution in [3.63, 3.8) is 0 Å². The molecule has 3 saturated carbocycles. The lowest BCUT2D eigenvalue weighted by Crippen LogP contribution is -2.62. The van der Waals surface area contributed by atoms with Crippen LogP contribution in [0, 0.1) is 28.6 Å². The Morgan fingerprint density at radius 1 is 0.857 bits per heavy atom. The third-order valence-electron chi connectivity index (χ3n) is 9.37. The minimum absolute atomic E-state index is 0.0805. The van der Waals surface area contributed by atoms with Crippen molar-refractivity contribution >= 4 is 5.91 Å². The maximum Gasteiger partial charge on any atom is 0.217 e. The van der Waals surface area contributed by atoms with Crippen LogP contribution in [0.4, 0.5) is 0 Å². The van der Waals surface area contributed by atoms with Gasteiger partial charge in [0.05, 0.1) is 26.4 Å². The SMILES string of the molecule is CC1(CCC(N)=O)C2CCC3(C)C(CCC34OCCO4)C2CCC12OCCO2. The van der Waals surface area contributed by atoms with E-state index in [2.05, 4.69) is 13.8 Å². The Labute approximate surface area is 167 Å². The Morgan fingerprint density at radius 2 is 1.43 bits per heavy atom. The number of fused-ring (bicyclic) bond motifs is 4. The number of ether oxygens (including phenoxy) is 4. The van der Waals surface area contributed by atoms with Crippen LogP contribution in [-0.2, 0) is 23.7 Å². The summed E-state index contributed by atoms with van der Waals surface area (Å²) in [6, 6.07) is 0. The quantitative estimate of drug-likeness (QED) is 0.797. The van der Waals surface area contributed by atoms with Crippen molar-refractivity contribution < 1.29 is 23.7 Å². The molecule has 5 aliphatic rings. The van der Waals surface area contributed by atoms with E-state index in [0.717, 1.165) is 58.2 Å². The van der Waals surface area contributed by atoms with Gasteiger partial charge in [0.2, 0.25) is 5.91 Å². The molecule has 2 spiro atoms. The predicted molar refractivity (Wildman–Crippen MR) is 102 cm³/mol. The first-order valence-corrected chi connectivity index (χ1v) is 11.2. The highest BCUT2D eigenvalue weighted by Gasteiger charge is 2.70. The van der Waals surface area contributed by atoms with E-state index in [1.165, 1.54) is 0 Å². The molecule has 0 aromatic heterocycles. The average Bonchev–Trinajstić information content (AvgIpc) is 3.39. The van der Waals surface area contributed by atoms with Gasteiger partial charge in [-0.25, -0.2) is 0 Å². The summed E-state index contributed by atoms with van der Waals surface area (Å²) in [6.07, 6.45) is 7.54. The molecule has 2 N–H and O–H groups in total. The summed E-state index contributed by atoms with van der Waals surface area (Å²) in [4.78, 5) is 11.7. The van der Waals surface area contributed by atoms with E-state index in [9.17, 15) is 4.79 Å². The van der Waals surface area contributed by atoms with E-state index >= 15 is 0 Å². The second-order valence-electron chi connectivity index (χ2n) is 10.2. The van der Waals surface area contributed by atoms with E-state index in [4.69, 9.17) is 24.7 Å². The monoisotopic (exact) mass is 393 g/mol. The lowest BCUT2D eigenvalue weighted by atomic mass is 9.47. The predicted octanol–water partition coefficient (Wildman–Crippen LogP) is 2.98. The number of hydrogen-bond acceptors (Lipinski definition) is 5. The maximum absolute atomic E-state index is 11.7. The smallest absolute Gasteiger partial charge is 0.217 e. The number of rotatable bonds is 3. The molecular weight excluding hydrogens is 358 g/mol. The second kappa shape index (κ2) is 6.40. The van der Waals surface area contributed by atoms with Crippen molar-refractivity contribution in [2.45, 2.75) is 76.8 Å². The van der Waals surface area contributed by atoms with Crippen LogP contribution in [0.3, 0.4) is 0 Å². The molecule has 6 nitrogen and oxygen atoms in total. The van der Waals surface area contributed by atoms with E-state index < -0.39 is 5.79 Å². The first-order valence-electron chi connectivity index (χ1n) is 11.2. The molecule has 5 rings (SSSR count). The standard InChI is InChI=1S/C22H35NO5/c1-19-7-4-16-15(17(19)5-10-22(19)27-13-14-28-22)3-9-21(25-11-12-26-21)20(16,2)8-6-18(23)24/h15-17H,3-14H2,1-2H3,(H2,23,24). The lowest BCUT2D eigenvalue weighted by molar-refractivity contribution is -0.302. The molecule has 6 heteroatoms. The summed E-state index contributed by atoms with van der Waals surface area (Å²) in [5.74, 6) is 0.520. The molecule has 1 amide bonds. The van der Waals surface area contributed by atoms with Gasteiger partial charge in [-0.15, -0.1) is 0 Å². The van der Waals surface area contributed by atoms with Crippen LogP contribution in [0.25, 0.3) is 0 Å². The Morgan fingerprint density at radius 3 is 2.07 bits per heavy atom. The topological polar surface area (TPSA) is 80.0 Å². The van der Waals surface area contributed by atoms with Gasteiger partial charge in [-0.05, 0) is 49.9 Å². The second-order valence-corrected chi connectivity index (χ2v) is 10.2. The van der Waals surface area contributed by atoms with Crippen molar-refractivity contribution in [2.24, 2.45) is 34.3 Å². The number of carbonyl (C=O) groups is 1. The molecule has 3 aliphatic carbocycles. The molecule has 0 aromatic rings. The first kappa shape index (κ1) is 19.3. The van der Waals surface area contributed by atoms with Crippen LogP contribution < -0.4 is 5.73 Å². The van der Waals surface area contributed by atoms with Gasteiger partial charge in [-0.1, -0.05) is 13.8 Å². The third-order valence-corrected chi connectivity index (χ3v) is 9.37. The number of nitrogens with two attached hydrogens (primary N) is 1. The molecule has 158 valence electrons. The molecular formula is C22H35NO5. The van der Waals surface area contributed by atoms with Crippen molar-refractivity contribution in [1.82, 2.24) is 0 Å². The van der Waals surface area contributed by atoms with Crippen LogP contribution >= 0.6 is 0 Å². The van der Waals surface area contributed by atoms with Gasteiger partial charge in [-0.2, -0.15) is 0 Å². The number of primary amides is 1. The summed E-state index contributed by atoms with van der Waals surface area (Å²) >= 11 is 0. The van der Waals surface area contributed by atoms with E-state index in [0.29, 0.717) is 37.4 Å². The molecule has 28 heavy (non-hydrogen) atoms. The normalized spacial score (nSPS) is 46.0. The van der Waals surface area contributed by atoms with E-state index in [-0.39, 0.29) is 22.5 Å². The highest BCUT2D eigenvalue weighted by atomic mass is 16.7. The number of hydrogen-bond donors (Lipinski definition) is 1. The van der Waals surface area contributed by atoms with Crippen molar-refractivity contribution in [3.8, 4) is 0 Å². The van der Waals surface area contributed by atoms with Crippen LogP contribution in [0.2, 0.25) is 0 Å². The molecule has 5 fully saturated rings. The van der Waals surface area contributed by atoms with Gasteiger partial charge in [0, 0.05) is 30.1 Å². The molecule has 2 saturated heterocycles. The Hall–Kier alpha value is -0.690. The van der Waals surface area contributed by atoms with E-state index in [1.54, 1.807) is 0 Å². The minimum atomic E-state index is -0.548. The van der Waals surface area contributed by atoms with Crippen LogP contribution in [0.15, 0.2) is 0 Å². The van der Waals surface area contributed by atoms with Gasteiger partial charge in [0.15, 0.2) is 11.6 Å². The zero-order valence-corrected chi connectivity index (χ0v) is 17.3. The number of amides is 1. The molecule has 2 aliphatic heterocycles. The summed E-state index contributed by atoms with van der Waals surface area (Å²) in [5, 5.41) is 0. The molecule has 0 bridgehead atoms. The summed E-state index contributed by atoms with van der Waals surface area (Å²) < 4.78 is 25.1. The highest BCUT2D eigenvalue weighted by molar-refractivity contribution is 5.73. The third kappa shape index (κ3) is 2.38. The zero-order valence-electron chi connectivity index (χ0n) is 17.3. The van der Waals surface area contributed by atoms with Crippen molar-refractivity contribution in [3.05, 3.63) is 0 Å². The fourth-order valence-corrected chi connectivity index (χ4v) is 7.98. The fourth-order valence-electron chi connectivity index (χ4n) is 7.98. The highest BCUT2D eigenvalue weighted by Crippen LogP contribution is 2.69. The fraction of sp³-hybridized carbons (Fsp3) is 0.955. The Bertz CT molecular complexity index is 641. The van der Waals surface area contributed by atoms with Crippen LogP contribution in [0.1, 0.15) is 65.2 Å². The van der Waals surface area contributed by atoms with Gasteiger partial charge in [-0.3, -0.25) is 4.79 Å². The summed E-state index contributed by atoms with van der Waals surface area (Å²) in [7, 11) is 0. The maximum atomic E-state index is 11.7. The summed E-state index contributed by atoms with van der Waals surface area (Å²) in [6.45, 7) is 7.44. The van der Waals surface area contributed by atoms with Gasteiger partial charge in [0.25, 0.3) is 0 Å². The Kier molecular flexibility index (Phi) is 4.41. The molecule has 5 unspecified atom stereocenters. The molecule has 2 heterocycles. The molecule has 5 atom stereocenters. The van der Waals surface area contributed by atoms with Crippen LogP contribution in [-0.4, -0.2) is 43.9 Å². The largest absolute Gasteiger partial charge is 0.370 e. The van der Waals surface area contributed by atoms with Crippen molar-refractivity contribution in [2.75, 3.05) is 26.4 Å². The molecule has 0 aromatic carbocycles. The van der Waals surface area contributed by atoms with E-state index in [1.807, 2.05) is 0 Å². The van der Waals surface area contributed by atoms with Gasteiger partial charge >= 0.3 is 0 Å². The summed E-state index contributed by atoms with van der Waals surface area (Å²) in [5.41, 5.74) is 5.45. The number of carbonyl (C=O) groups excluding carboxylic acids is 1. The van der Waals surface area contributed by atoms with Crippen molar-refractivity contribution in [1.29, 1.82) is 0 Å². The van der Waals surface area contributed by atoms with Gasteiger partial charge in [0.1, 0.15) is 0 Å². The van der Waals surface area contributed by atoms with Crippen LogP contribution in [0.5, 0.6) is 0 Å². The minimum Gasteiger partial charge on any atom is -0.370 e. The Balaban J connectivity index is 1.47. The lowest BCUT2D eigenvalue weighted by Gasteiger charge is -2.61.